The molecule has 3 aromatic carbocycles. The van der Waals surface area contributed by atoms with Gasteiger partial charge in [0.25, 0.3) is 5.91 Å². The van der Waals surface area contributed by atoms with Crippen LogP contribution >= 0.6 is 0 Å². The third-order valence-electron chi connectivity index (χ3n) is 6.15. The van der Waals surface area contributed by atoms with E-state index in [1.54, 1.807) is 24.3 Å². The van der Waals surface area contributed by atoms with E-state index in [0.717, 1.165) is 28.7 Å². The molecule has 0 bridgehead atoms. The van der Waals surface area contributed by atoms with Gasteiger partial charge in [0.15, 0.2) is 0 Å². The van der Waals surface area contributed by atoms with Gasteiger partial charge in [0.05, 0.1) is 17.7 Å². The number of benzene rings is 3. The van der Waals surface area contributed by atoms with Gasteiger partial charge in [0.1, 0.15) is 6.61 Å². The molecule has 0 spiro atoms. The van der Waals surface area contributed by atoms with Gasteiger partial charge in [-0.3, -0.25) is 14.9 Å². The minimum atomic E-state index is -0.978. The number of carboxylic acid groups (broad SMARTS) is 1. The van der Waals surface area contributed by atoms with Crippen molar-refractivity contribution in [3.8, 4) is 11.1 Å². The summed E-state index contributed by atoms with van der Waals surface area (Å²) in [6, 6.07) is 22.3. The molecule has 0 radical (unpaired) electrons. The molecule has 7 nitrogen and oxygen atoms in total. The number of para-hydroxylation sites is 1. The van der Waals surface area contributed by atoms with Crippen LogP contribution < -0.4 is 10.6 Å². The number of ether oxygens (including phenoxy) is 1. The molecule has 1 aliphatic carbocycles. The largest absolute Gasteiger partial charge is 0.481 e. The van der Waals surface area contributed by atoms with E-state index in [2.05, 4.69) is 22.8 Å². The second kappa shape index (κ2) is 10.9. The Morgan fingerprint density at radius 3 is 2.14 bits per heavy atom. The summed E-state index contributed by atoms with van der Waals surface area (Å²) in [5.41, 5.74) is 5.05. The zero-order valence-corrected chi connectivity index (χ0v) is 19.5. The Morgan fingerprint density at radius 2 is 1.51 bits per heavy atom. The highest BCUT2D eigenvalue weighted by atomic mass is 16.5. The molecule has 0 unspecified atom stereocenters. The van der Waals surface area contributed by atoms with Crippen molar-refractivity contribution in [2.75, 3.05) is 11.9 Å². The van der Waals surface area contributed by atoms with Crippen LogP contribution in [0.4, 0.5) is 10.5 Å². The first-order valence-corrected chi connectivity index (χ1v) is 11.7. The molecule has 2 amide bonds. The Morgan fingerprint density at radius 1 is 0.914 bits per heavy atom. The lowest BCUT2D eigenvalue weighted by Crippen LogP contribution is -2.37. The normalized spacial score (nSPS) is 12.8. The molecule has 0 fully saturated rings. The van der Waals surface area contributed by atoms with Crippen LogP contribution in [0.25, 0.3) is 11.1 Å². The fourth-order valence-corrected chi connectivity index (χ4v) is 4.58. The second-order valence-corrected chi connectivity index (χ2v) is 8.55. The van der Waals surface area contributed by atoms with Gasteiger partial charge in [0.2, 0.25) is 0 Å². The third-order valence-corrected chi connectivity index (χ3v) is 6.15. The lowest BCUT2D eigenvalue weighted by atomic mass is 9.98. The quantitative estimate of drug-likeness (QED) is 0.386. The van der Waals surface area contributed by atoms with Crippen molar-refractivity contribution in [2.45, 2.75) is 38.1 Å². The first-order valence-electron chi connectivity index (χ1n) is 11.7. The summed E-state index contributed by atoms with van der Waals surface area (Å²) in [7, 11) is 0. The van der Waals surface area contributed by atoms with Crippen molar-refractivity contribution in [3.05, 3.63) is 89.5 Å². The van der Waals surface area contributed by atoms with Gasteiger partial charge in [-0.2, -0.15) is 0 Å². The van der Waals surface area contributed by atoms with Crippen LogP contribution in [-0.4, -0.2) is 35.7 Å². The second-order valence-electron chi connectivity index (χ2n) is 8.55. The number of hydrogen-bond donors (Lipinski definition) is 3. The summed E-state index contributed by atoms with van der Waals surface area (Å²) in [5.74, 6) is -1.49. The van der Waals surface area contributed by atoms with Crippen LogP contribution in [0.1, 0.15) is 53.6 Å². The number of nitrogens with one attached hydrogen (secondary N) is 2. The van der Waals surface area contributed by atoms with E-state index in [9.17, 15) is 14.4 Å². The highest BCUT2D eigenvalue weighted by Gasteiger charge is 2.29. The molecule has 35 heavy (non-hydrogen) atoms. The molecule has 0 saturated carbocycles. The molecular formula is C28H28N2O5. The average Bonchev–Trinajstić information content (AvgIpc) is 3.16. The third kappa shape index (κ3) is 5.51. The molecule has 1 aliphatic rings. The maximum Gasteiger partial charge on any atom is 0.411 e. The standard InChI is InChI=1S/C28H28N2O5/c1-2-9-18(16-26(31)32)29-27(33)23-14-7-8-15-25(23)30-28(34)35-17-24-21-12-5-3-10-19(21)20-11-4-6-13-22(20)24/h3-8,10-15,18,24H,2,9,16-17H2,1H3,(H,29,33)(H,30,34)(H,31,32)/t18-/m1/s1. The van der Waals surface area contributed by atoms with Gasteiger partial charge >= 0.3 is 12.1 Å². The molecule has 0 saturated heterocycles. The van der Waals surface area contributed by atoms with Gasteiger partial charge in [-0.05, 0) is 40.8 Å². The van der Waals surface area contributed by atoms with Crippen molar-refractivity contribution in [1.82, 2.24) is 5.32 Å². The van der Waals surface area contributed by atoms with E-state index < -0.39 is 24.0 Å². The Balaban J connectivity index is 1.43. The number of aliphatic carboxylic acids is 1. The SMILES string of the molecule is CCC[C@H](CC(=O)O)NC(=O)c1ccccc1NC(=O)OCC1c2ccccc2-c2ccccc21. The van der Waals surface area contributed by atoms with Crippen molar-refractivity contribution >= 4 is 23.7 Å². The number of amides is 2. The van der Waals surface area contributed by atoms with Crippen molar-refractivity contribution in [1.29, 1.82) is 0 Å². The fraction of sp³-hybridized carbons (Fsp3) is 0.250. The fourth-order valence-electron chi connectivity index (χ4n) is 4.58. The van der Waals surface area contributed by atoms with E-state index in [4.69, 9.17) is 9.84 Å². The average molecular weight is 473 g/mol. The Kier molecular flexibility index (Phi) is 7.45. The molecular weight excluding hydrogens is 444 g/mol. The van der Waals surface area contributed by atoms with Crippen LogP contribution in [0.15, 0.2) is 72.8 Å². The van der Waals surface area contributed by atoms with Crippen LogP contribution in [0, 0.1) is 0 Å². The van der Waals surface area contributed by atoms with E-state index in [1.807, 2.05) is 43.3 Å². The van der Waals surface area contributed by atoms with Crippen molar-refractivity contribution in [2.24, 2.45) is 0 Å². The predicted octanol–water partition coefficient (Wildman–Crippen LogP) is 5.42. The number of hydrogen-bond acceptors (Lipinski definition) is 4. The number of carboxylic acids is 1. The number of rotatable bonds is 9. The summed E-state index contributed by atoms with van der Waals surface area (Å²) in [4.78, 5) is 36.7. The van der Waals surface area contributed by atoms with E-state index in [0.29, 0.717) is 12.1 Å². The smallest absolute Gasteiger partial charge is 0.411 e. The summed E-state index contributed by atoms with van der Waals surface area (Å²) in [6.07, 6.45) is 0.446. The molecule has 0 heterocycles. The number of fused-ring (bicyclic) bond motifs is 3. The van der Waals surface area contributed by atoms with Crippen LogP contribution in [0.5, 0.6) is 0 Å². The number of carbonyl (C=O) groups excluding carboxylic acids is 2. The van der Waals surface area contributed by atoms with Gasteiger partial charge in [-0.15, -0.1) is 0 Å². The molecule has 0 aromatic heterocycles. The summed E-state index contributed by atoms with van der Waals surface area (Å²) in [6.45, 7) is 2.08. The first kappa shape index (κ1) is 24.0. The molecule has 4 rings (SSSR count). The Labute approximate surface area is 204 Å². The van der Waals surface area contributed by atoms with Crippen molar-refractivity contribution < 1.29 is 24.2 Å². The minimum absolute atomic E-state index is 0.0717. The van der Waals surface area contributed by atoms with Gasteiger partial charge < -0.3 is 15.2 Å². The van der Waals surface area contributed by atoms with E-state index >= 15 is 0 Å². The first-order chi connectivity index (χ1) is 17.0. The highest BCUT2D eigenvalue weighted by molar-refractivity contribution is 6.02. The molecule has 180 valence electrons. The lowest BCUT2D eigenvalue weighted by molar-refractivity contribution is -0.137. The molecule has 3 aromatic rings. The van der Waals surface area contributed by atoms with Crippen molar-refractivity contribution in [3.63, 3.8) is 0 Å². The maximum absolute atomic E-state index is 12.9. The molecule has 1 atom stereocenters. The van der Waals surface area contributed by atoms with Crippen LogP contribution in [0.2, 0.25) is 0 Å². The number of anilines is 1. The minimum Gasteiger partial charge on any atom is -0.481 e. The zero-order chi connectivity index (χ0) is 24.8. The molecule has 7 heteroatoms. The van der Waals surface area contributed by atoms with Crippen LogP contribution in [-0.2, 0) is 9.53 Å². The Bertz CT molecular complexity index is 1190. The van der Waals surface area contributed by atoms with Gasteiger partial charge in [0, 0.05) is 12.0 Å². The predicted molar refractivity (Wildman–Crippen MR) is 134 cm³/mol. The van der Waals surface area contributed by atoms with Crippen LogP contribution in [0.3, 0.4) is 0 Å². The molecule has 3 N–H and O–H groups in total. The summed E-state index contributed by atoms with van der Waals surface area (Å²) >= 11 is 0. The van der Waals surface area contributed by atoms with E-state index in [-0.39, 0.29) is 24.5 Å². The highest BCUT2D eigenvalue weighted by Crippen LogP contribution is 2.44. The molecule has 0 aliphatic heterocycles. The summed E-state index contributed by atoms with van der Waals surface area (Å²) < 4.78 is 5.59. The van der Waals surface area contributed by atoms with E-state index in [1.165, 1.54) is 0 Å². The lowest BCUT2D eigenvalue weighted by Gasteiger charge is -2.18. The maximum atomic E-state index is 12.9. The summed E-state index contributed by atoms with van der Waals surface area (Å²) in [5, 5.41) is 14.6. The van der Waals surface area contributed by atoms with Gasteiger partial charge in [-0.1, -0.05) is 74.0 Å². The number of carbonyl (C=O) groups is 3. The Hall–Kier alpha value is -4.13. The van der Waals surface area contributed by atoms with Gasteiger partial charge in [-0.25, -0.2) is 4.79 Å². The topological polar surface area (TPSA) is 105 Å². The zero-order valence-electron chi connectivity index (χ0n) is 19.5. The monoisotopic (exact) mass is 472 g/mol.